The standard InChI is InChI=1S/C21H25Cl2N3O7/c1-10(5-11(2)20(30)31)6-12-3-4-14-13(7-12)24-19(29)17(25-15(27)8-22)18(21(32)33-14)26-16(28)9-23/h3-4,7,10-11,17-18H,5-6,8-9H2,1-2H3,(H,24,29)(H,25,27)(H,26,28)(H,30,31)/t10-,11?,17?,18?/m1/s1. The molecule has 0 saturated carbocycles. The number of alkyl halides is 2. The summed E-state index contributed by atoms with van der Waals surface area (Å²) in [6, 6.07) is 1.77. The summed E-state index contributed by atoms with van der Waals surface area (Å²) >= 11 is 11.0. The number of carbonyl (C=O) groups excluding carboxylic acids is 4. The first-order valence-corrected chi connectivity index (χ1v) is 11.2. The van der Waals surface area contributed by atoms with Crippen LogP contribution in [0.1, 0.15) is 25.8 Å². The van der Waals surface area contributed by atoms with Crippen molar-refractivity contribution in [2.75, 3.05) is 17.1 Å². The molecule has 0 aromatic heterocycles. The van der Waals surface area contributed by atoms with Gasteiger partial charge in [0.1, 0.15) is 17.8 Å². The third-order valence-electron chi connectivity index (χ3n) is 5.02. The highest BCUT2D eigenvalue weighted by atomic mass is 35.5. The molecule has 1 aromatic rings. The molecular formula is C21H25Cl2N3O7. The summed E-state index contributed by atoms with van der Waals surface area (Å²) in [6.45, 7) is 3.55. The minimum absolute atomic E-state index is 0.0341. The minimum atomic E-state index is -1.53. The van der Waals surface area contributed by atoms with Gasteiger partial charge in [-0.2, -0.15) is 0 Å². The molecule has 33 heavy (non-hydrogen) atoms. The number of nitrogens with one attached hydrogen (secondary N) is 3. The molecule has 1 aliphatic rings. The Hall–Kier alpha value is -2.85. The molecule has 12 heteroatoms. The van der Waals surface area contributed by atoms with Gasteiger partial charge in [0.25, 0.3) is 0 Å². The molecule has 0 aliphatic carbocycles. The summed E-state index contributed by atoms with van der Waals surface area (Å²) in [6.07, 6.45) is 0.984. The molecular weight excluding hydrogens is 477 g/mol. The van der Waals surface area contributed by atoms with Gasteiger partial charge in [-0.1, -0.05) is 19.9 Å². The summed E-state index contributed by atoms with van der Waals surface area (Å²) in [5.41, 5.74) is 0.973. The number of aliphatic carboxylic acids is 1. The van der Waals surface area contributed by atoms with Crippen LogP contribution >= 0.6 is 23.2 Å². The van der Waals surface area contributed by atoms with E-state index in [1.54, 1.807) is 19.1 Å². The summed E-state index contributed by atoms with van der Waals surface area (Å²) in [5, 5.41) is 16.3. The van der Waals surface area contributed by atoms with Crippen LogP contribution in [0.5, 0.6) is 5.75 Å². The molecule has 3 unspecified atom stereocenters. The fraction of sp³-hybridized carbons (Fsp3) is 0.476. The Kier molecular flexibility index (Phi) is 9.48. The molecule has 0 bridgehead atoms. The molecule has 1 heterocycles. The van der Waals surface area contributed by atoms with E-state index in [0.717, 1.165) is 5.56 Å². The Morgan fingerprint density at radius 1 is 1.09 bits per heavy atom. The second-order valence-electron chi connectivity index (χ2n) is 7.88. The molecule has 180 valence electrons. The zero-order valence-electron chi connectivity index (χ0n) is 18.0. The quantitative estimate of drug-likeness (QED) is 0.226. The lowest BCUT2D eigenvalue weighted by atomic mass is 9.91. The zero-order chi connectivity index (χ0) is 24.7. The topological polar surface area (TPSA) is 151 Å². The van der Waals surface area contributed by atoms with Crippen LogP contribution in [0.25, 0.3) is 0 Å². The van der Waals surface area contributed by atoms with Crippen molar-refractivity contribution < 1.29 is 33.8 Å². The fourth-order valence-corrected chi connectivity index (χ4v) is 3.62. The number of esters is 1. The maximum absolute atomic E-state index is 12.9. The van der Waals surface area contributed by atoms with E-state index in [1.165, 1.54) is 6.07 Å². The first kappa shape index (κ1) is 26.4. The molecule has 0 radical (unpaired) electrons. The lowest BCUT2D eigenvalue weighted by molar-refractivity contribution is -0.142. The SMILES string of the molecule is CC(C[C@@H](C)Cc1ccc2c(c1)NC(=O)C(NC(=O)CCl)C(NC(=O)CCl)C(=O)O2)C(=O)O. The van der Waals surface area contributed by atoms with Crippen LogP contribution in [0, 0.1) is 11.8 Å². The van der Waals surface area contributed by atoms with Gasteiger partial charge in [0, 0.05) is 0 Å². The number of hydrogen-bond donors (Lipinski definition) is 4. The maximum atomic E-state index is 12.9. The first-order chi connectivity index (χ1) is 15.5. The molecule has 0 spiro atoms. The average Bonchev–Trinajstić information content (AvgIpc) is 2.76. The summed E-state index contributed by atoms with van der Waals surface area (Å²) in [4.78, 5) is 60.4. The van der Waals surface area contributed by atoms with Gasteiger partial charge in [-0.3, -0.25) is 19.2 Å². The number of anilines is 1. The number of carboxylic acid groups (broad SMARTS) is 1. The normalized spacial score (nSPS) is 19.6. The molecule has 0 saturated heterocycles. The van der Waals surface area contributed by atoms with E-state index < -0.39 is 59.4 Å². The lowest BCUT2D eigenvalue weighted by Gasteiger charge is -2.29. The van der Waals surface area contributed by atoms with Crippen LogP contribution in [0.15, 0.2) is 18.2 Å². The predicted molar refractivity (Wildman–Crippen MR) is 120 cm³/mol. The third kappa shape index (κ3) is 7.33. The van der Waals surface area contributed by atoms with Crippen molar-refractivity contribution in [3.8, 4) is 5.75 Å². The van der Waals surface area contributed by atoms with Gasteiger partial charge >= 0.3 is 11.9 Å². The third-order valence-corrected chi connectivity index (χ3v) is 5.50. The minimum Gasteiger partial charge on any atom is -0.481 e. The number of ether oxygens (including phenoxy) is 1. The molecule has 10 nitrogen and oxygen atoms in total. The van der Waals surface area contributed by atoms with Crippen molar-refractivity contribution in [1.82, 2.24) is 10.6 Å². The van der Waals surface area contributed by atoms with Gasteiger partial charge in [-0.15, -0.1) is 23.2 Å². The van der Waals surface area contributed by atoms with Gasteiger partial charge < -0.3 is 25.8 Å². The monoisotopic (exact) mass is 501 g/mol. The van der Waals surface area contributed by atoms with Crippen LogP contribution in [0.3, 0.4) is 0 Å². The Balaban J connectivity index is 2.31. The van der Waals surface area contributed by atoms with E-state index >= 15 is 0 Å². The Bertz CT molecular complexity index is 940. The van der Waals surface area contributed by atoms with Crippen molar-refractivity contribution in [2.24, 2.45) is 11.8 Å². The van der Waals surface area contributed by atoms with Crippen molar-refractivity contribution in [1.29, 1.82) is 0 Å². The maximum Gasteiger partial charge on any atom is 0.336 e. The largest absolute Gasteiger partial charge is 0.481 e. The van der Waals surface area contributed by atoms with Crippen molar-refractivity contribution in [3.63, 3.8) is 0 Å². The highest BCUT2D eigenvalue weighted by Crippen LogP contribution is 2.30. The van der Waals surface area contributed by atoms with Crippen LogP contribution in [-0.2, 0) is 30.4 Å². The smallest absolute Gasteiger partial charge is 0.336 e. The highest BCUT2D eigenvalue weighted by molar-refractivity contribution is 6.28. The molecule has 4 atom stereocenters. The number of fused-ring (bicyclic) bond motifs is 1. The Morgan fingerprint density at radius 3 is 2.27 bits per heavy atom. The zero-order valence-corrected chi connectivity index (χ0v) is 19.5. The second kappa shape index (κ2) is 11.9. The van der Waals surface area contributed by atoms with E-state index in [9.17, 15) is 24.0 Å². The Morgan fingerprint density at radius 2 is 1.70 bits per heavy atom. The van der Waals surface area contributed by atoms with E-state index in [-0.39, 0.29) is 17.4 Å². The van der Waals surface area contributed by atoms with E-state index in [1.807, 2.05) is 6.92 Å². The van der Waals surface area contributed by atoms with Gasteiger partial charge in [0.05, 0.1) is 11.6 Å². The van der Waals surface area contributed by atoms with Crippen LogP contribution in [0.2, 0.25) is 0 Å². The average molecular weight is 502 g/mol. The van der Waals surface area contributed by atoms with Gasteiger partial charge in [-0.25, -0.2) is 4.79 Å². The summed E-state index contributed by atoms with van der Waals surface area (Å²) in [5.74, 6) is -5.44. The molecule has 2 rings (SSSR count). The van der Waals surface area contributed by atoms with E-state index in [0.29, 0.717) is 12.8 Å². The number of rotatable bonds is 9. The van der Waals surface area contributed by atoms with E-state index in [4.69, 9.17) is 33.0 Å². The Labute approximate surface area is 200 Å². The number of hydrogen-bond acceptors (Lipinski definition) is 6. The van der Waals surface area contributed by atoms with Crippen molar-refractivity contribution in [2.45, 2.75) is 38.8 Å². The van der Waals surface area contributed by atoms with Crippen molar-refractivity contribution in [3.05, 3.63) is 23.8 Å². The lowest BCUT2D eigenvalue weighted by Crippen LogP contribution is -2.62. The van der Waals surface area contributed by atoms with Crippen LogP contribution in [0.4, 0.5) is 5.69 Å². The van der Waals surface area contributed by atoms with Gasteiger partial charge in [-0.05, 0) is 36.5 Å². The van der Waals surface area contributed by atoms with Crippen LogP contribution in [-0.4, -0.2) is 58.6 Å². The molecule has 1 aliphatic heterocycles. The number of carbonyl (C=O) groups is 5. The number of benzene rings is 1. The molecule has 1 aromatic carbocycles. The number of amides is 3. The number of halogens is 2. The molecule has 4 N–H and O–H groups in total. The summed E-state index contributed by atoms with van der Waals surface area (Å²) < 4.78 is 5.37. The van der Waals surface area contributed by atoms with Gasteiger partial charge in [0.2, 0.25) is 17.7 Å². The van der Waals surface area contributed by atoms with Crippen molar-refractivity contribution >= 4 is 58.5 Å². The second-order valence-corrected chi connectivity index (χ2v) is 8.42. The first-order valence-electron chi connectivity index (χ1n) is 10.1. The fourth-order valence-electron chi connectivity index (χ4n) is 3.47. The molecule has 3 amide bonds. The summed E-state index contributed by atoms with van der Waals surface area (Å²) in [7, 11) is 0. The van der Waals surface area contributed by atoms with Gasteiger partial charge in [0.15, 0.2) is 11.8 Å². The van der Waals surface area contributed by atoms with Crippen LogP contribution < -0.4 is 20.7 Å². The van der Waals surface area contributed by atoms with E-state index in [2.05, 4.69) is 16.0 Å². The molecule has 0 fully saturated rings. The highest BCUT2D eigenvalue weighted by Gasteiger charge is 2.39. The predicted octanol–water partition coefficient (Wildman–Crippen LogP) is 1.28. The number of carboxylic acids is 1.